The number of imidazole rings is 1. The van der Waals surface area contributed by atoms with E-state index < -0.39 is 0 Å². The molecule has 2 aromatic heterocycles. The van der Waals surface area contributed by atoms with Crippen molar-refractivity contribution in [1.29, 1.82) is 0 Å². The number of aryl methyl sites for hydroxylation is 2. The molecule has 2 aromatic rings. The molecule has 0 aliphatic heterocycles. The lowest BCUT2D eigenvalue weighted by molar-refractivity contribution is -0.360. The molecule has 2 heterocycles. The number of carbonyl (C=O) groups excluding carboxylic acids is 1. The van der Waals surface area contributed by atoms with E-state index in [1.807, 2.05) is 13.8 Å². The van der Waals surface area contributed by atoms with Crippen LogP contribution in [0.2, 0.25) is 0 Å². The zero-order valence-corrected chi connectivity index (χ0v) is 10.3. The summed E-state index contributed by atoms with van der Waals surface area (Å²) in [5.74, 6) is 0.613. The molecule has 5 nitrogen and oxygen atoms in total. The molecule has 0 bridgehead atoms. The molecule has 0 aliphatic rings. The second kappa shape index (κ2) is 4.53. The van der Waals surface area contributed by atoms with Gasteiger partial charge in [0.2, 0.25) is 5.69 Å². The molecule has 0 aromatic carbocycles. The minimum atomic E-state index is -0.384. The summed E-state index contributed by atoms with van der Waals surface area (Å²) in [4.78, 5) is 22.3. The van der Waals surface area contributed by atoms with E-state index in [4.69, 9.17) is 4.74 Å². The van der Waals surface area contributed by atoms with E-state index in [0.717, 1.165) is 23.3 Å². The Morgan fingerprint density at radius 3 is 2.94 bits per heavy atom. The maximum atomic E-state index is 11.6. The Kier molecular flexibility index (Phi) is 3.08. The molecular weight excluding hydrogens is 218 g/mol. The fourth-order valence-corrected chi connectivity index (χ4v) is 1.73. The van der Waals surface area contributed by atoms with Gasteiger partial charge in [-0.2, -0.15) is 0 Å². The van der Waals surface area contributed by atoms with Crippen molar-refractivity contribution in [2.45, 2.75) is 27.2 Å². The number of hydrogen-bond acceptors (Lipinski definition) is 3. The van der Waals surface area contributed by atoms with Gasteiger partial charge in [-0.1, -0.05) is 11.9 Å². The molecule has 2 N–H and O–H groups in total. The molecule has 2 rings (SSSR count). The summed E-state index contributed by atoms with van der Waals surface area (Å²) in [6, 6.07) is 1.74. The Bertz CT molecular complexity index is 560. The first-order valence-electron chi connectivity index (χ1n) is 5.74. The van der Waals surface area contributed by atoms with Crippen molar-refractivity contribution in [3.8, 4) is 0 Å². The molecule has 0 amide bonds. The van der Waals surface area contributed by atoms with Gasteiger partial charge in [0.25, 0.3) is 0 Å². The Labute approximate surface area is 99.2 Å². The second-order valence-corrected chi connectivity index (χ2v) is 3.85. The summed E-state index contributed by atoms with van der Waals surface area (Å²) in [6.07, 6.45) is 0.866. The van der Waals surface area contributed by atoms with Crippen molar-refractivity contribution in [3.05, 3.63) is 23.1 Å². The van der Waals surface area contributed by atoms with Crippen LogP contribution in [0.25, 0.3) is 11.2 Å². The zero-order chi connectivity index (χ0) is 12.4. The molecule has 17 heavy (non-hydrogen) atoms. The molecule has 0 fully saturated rings. The molecule has 0 saturated heterocycles. The number of pyridine rings is 1. The minimum Gasteiger partial charge on any atom is -0.460 e. The van der Waals surface area contributed by atoms with E-state index in [1.54, 1.807) is 13.0 Å². The van der Waals surface area contributed by atoms with Crippen molar-refractivity contribution in [2.24, 2.45) is 0 Å². The number of fused-ring (bicyclic) bond motifs is 1. The van der Waals surface area contributed by atoms with Gasteiger partial charge in [-0.3, -0.25) is 4.98 Å². The van der Waals surface area contributed by atoms with Crippen LogP contribution in [0.4, 0.5) is 0 Å². The van der Waals surface area contributed by atoms with Gasteiger partial charge in [-0.15, -0.1) is 0 Å². The average molecular weight is 234 g/mol. The monoisotopic (exact) mass is 234 g/mol. The van der Waals surface area contributed by atoms with E-state index in [-0.39, 0.29) is 5.97 Å². The molecular formula is C12H16N3O2+. The average Bonchev–Trinajstić information content (AvgIpc) is 2.73. The predicted octanol–water partition coefficient (Wildman–Crippen LogP) is 1.42. The third-order valence-corrected chi connectivity index (χ3v) is 2.60. The largest absolute Gasteiger partial charge is 0.460 e. The van der Waals surface area contributed by atoms with Crippen molar-refractivity contribution in [1.82, 2.24) is 9.97 Å². The molecule has 5 heteroatoms. The van der Waals surface area contributed by atoms with E-state index in [1.165, 1.54) is 0 Å². The lowest BCUT2D eigenvalue weighted by atomic mass is 10.2. The van der Waals surface area contributed by atoms with Crippen LogP contribution in [-0.2, 0) is 11.2 Å². The van der Waals surface area contributed by atoms with Gasteiger partial charge in [0.1, 0.15) is 0 Å². The number of esters is 1. The summed E-state index contributed by atoms with van der Waals surface area (Å²) in [7, 11) is 0. The molecule has 0 aliphatic carbocycles. The fourth-order valence-electron chi connectivity index (χ4n) is 1.73. The highest BCUT2D eigenvalue weighted by atomic mass is 16.5. The number of aromatic nitrogens is 3. The first-order valence-corrected chi connectivity index (χ1v) is 5.74. The van der Waals surface area contributed by atoms with Crippen LogP contribution in [0.1, 0.15) is 35.7 Å². The van der Waals surface area contributed by atoms with Crippen molar-refractivity contribution >= 4 is 17.1 Å². The first-order chi connectivity index (χ1) is 8.15. The third-order valence-electron chi connectivity index (χ3n) is 2.60. The molecule has 0 atom stereocenters. The number of hydrogen-bond donors (Lipinski definition) is 1. The van der Waals surface area contributed by atoms with E-state index in [2.05, 4.69) is 15.0 Å². The van der Waals surface area contributed by atoms with Crippen LogP contribution in [0.3, 0.4) is 0 Å². The summed E-state index contributed by atoms with van der Waals surface area (Å²) in [5.41, 5.74) is 2.96. The SMILES string of the molecule is CCOC(=O)c1cc(C)c2[nH]c(CC)[nH+]c2n1. The molecule has 0 spiro atoms. The Hall–Kier alpha value is -1.91. The highest BCUT2D eigenvalue weighted by Crippen LogP contribution is 2.13. The summed E-state index contributed by atoms with van der Waals surface area (Å²) >= 11 is 0. The van der Waals surface area contributed by atoms with Crippen molar-refractivity contribution in [2.75, 3.05) is 6.61 Å². The highest BCUT2D eigenvalue weighted by molar-refractivity contribution is 5.90. The number of carbonyl (C=O) groups is 1. The minimum absolute atomic E-state index is 0.342. The zero-order valence-electron chi connectivity index (χ0n) is 10.3. The standard InChI is InChI=1S/C12H15N3O2/c1-4-9-14-10-7(3)6-8(12(16)17-5-2)13-11(10)15-9/h6H,4-5H2,1-3H3,(H,13,14,15)/p+1. The van der Waals surface area contributed by atoms with Gasteiger partial charge in [0, 0.05) is 6.42 Å². The Morgan fingerprint density at radius 1 is 1.53 bits per heavy atom. The van der Waals surface area contributed by atoms with E-state index in [0.29, 0.717) is 17.9 Å². The van der Waals surface area contributed by atoms with Gasteiger partial charge < -0.3 is 4.74 Å². The summed E-state index contributed by atoms with van der Waals surface area (Å²) in [6.45, 7) is 6.12. The number of H-pyrrole nitrogens is 2. The number of nitrogens with zero attached hydrogens (tertiary/aromatic N) is 1. The quantitative estimate of drug-likeness (QED) is 0.817. The number of ether oxygens (including phenoxy) is 1. The van der Waals surface area contributed by atoms with Crippen LogP contribution in [-0.4, -0.2) is 22.5 Å². The molecule has 0 saturated carbocycles. The third kappa shape index (κ3) is 2.13. The van der Waals surface area contributed by atoms with Crippen LogP contribution >= 0.6 is 0 Å². The van der Waals surface area contributed by atoms with Crippen molar-refractivity contribution < 1.29 is 14.5 Å². The van der Waals surface area contributed by atoms with E-state index >= 15 is 0 Å². The predicted molar refractivity (Wildman–Crippen MR) is 62.7 cm³/mol. The number of nitrogens with one attached hydrogen (secondary N) is 2. The number of rotatable bonds is 3. The second-order valence-electron chi connectivity index (χ2n) is 3.85. The van der Waals surface area contributed by atoms with Gasteiger partial charge in [-0.25, -0.2) is 9.78 Å². The lowest BCUT2D eigenvalue weighted by Crippen LogP contribution is -2.11. The Morgan fingerprint density at radius 2 is 2.29 bits per heavy atom. The summed E-state index contributed by atoms with van der Waals surface area (Å²) in [5, 5.41) is 0. The lowest BCUT2D eigenvalue weighted by Gasteiger charge is -1.98. The van der Waals surface area contributed by atoms with Gasteiger partial charge >= 0.3 is 11.6 Å². The molecule has 0 unspecified atom stereocenters. The van der Waals surface area contributed by atoms with Gasteiger partial charge in [-0.05, 0) is 25.5 Å². The highest BCUT2D eigenvalue weighted by Gasteiger charge is 2.19. The van der Waals surface area contributed by atoms with E-state index in [9.17, 15) is 4.79 Å². The molecule has 0 radical (unpaired) electrons. The van der Waals surface area contributed by atoms with Crippen LogP contribution in [0.15, 0.2) is 6.07 Å². The van der Waals surface area contributed by atoms with Crippen LogP contribution in [0, 0.1) is 6.92 Å². The smallest absolute Gasteiger partial charge is 0.374 e. The van der Waals surface area contributed by atoms with Crippen LogP contribution < -0.4 is 4.98 Å². The maximum Gasteiger partial charge on any atom is 0.374 e. The van der Waals surface area contributed by atoms with Crippen LogP contribution in [0.5, 0.6) is 0 Å². The van der Waals surface area contributed by atoms with Crippen molar-refractivity contribution in [3.63, 3.8) is 0 Å². The van der Waals surface area contributed by atoms with Gasteiger partial charge in [0.05, 0.1) is 6.61 Å². The number of aromatic amines is 2. The topological polar surface area (TPSA) is 69.1 Å². The molecule has 90 valence electrons. The maximum absolute atomic E-state index is 11.6. The first kappa shape index (κ1) is 11.6. The normalized spacial score (nSPS) is 10.8. The Balaban J connectivity index is 2.50. The summed E-state index contributed by atoms with van der Waals surface area (Å²) < 4.78 is 4.94. The fraction of sp³-hybridized carbons (Fsp3) is 0.417. The van der Waals surface area contributed by atoms with Gasteiger partial charge in [0.15, 0.2) is 11.3 Å².